The minimum absolute atomic E-state index is 0.206. The fourth-order valence-corrected chi connectivity index (χ4v) is 3.88. The molecule has 2 unspecified atom stereocenters. The van der Waals surface area contributed by atoms with E-state index >= 15 is 0 Å². The quantitative estimate of drug-likeness (QED) is 0.451. The van der Waals surface area contributed by atoms with E-state index in [4.69, 9.17) is 4.74 Å². The summed E-state index contributed by atoms with van der Waals surface area (Å²) >= 11 is 3.48. The summed E-state index contributed by atoms with van der Waals surface area (Å²) in [4.78, 5) is 0. The van der Waals surface area contributed by atoms with E-state index in [0.29, 0.717) is 6.61 Å². The molecule has 1 aliphatic rings. The molecule has 4 rings (SSSR count). The van der Waals surface area contributed by atoms with E-state index < -0.39 is 0 Å². The highest BCUT2D eigenvalue weighted by atomic mass is 79.9. The van der Waals surface area contributed by atoms with E-state index in [1.54, 1.807) is 24.3 Å². The van der Waals surface area contributed by atoms with Crippen LogP contribution in [0.5, 0.6) is 11.5 Å². The first-order chi connectivity index (χ1) is 14.5. The van der Waals surface area contributed by atoms with Gasteiger partial charge in [0.2, 0.25) is 0 Å². The monoisotopic (exact) mass is 468 g/mol. The molecule has 4 nitrogen and oxygen atoms in total. The third-order valence-corrected chi connectivity index (χ3v) is 5.48. The molecule has 0 amide bonds. The smallest absolute Gasteiger partial charge is 0.123 e. The van der Waals surface area contributed by atoms with Crippen molar-refractivity contribution in [3.8, 4) is 11.5 Å². The summed E-state index contributed by atoms with van der Waals surface area (Å²) in [6, 6.07) is 19.4. The van der Waals surface area contributed by atoms with Crippen LogP contribution in [0.1, 0.15) is 35.8 Å². The molecule has 2 atom stereocenters. The third kappa shape index (κ3) is 4.50. The van der Waals surface area contributed by atoms with Crippen molar-refractivity contribution in [3.05, 3.63) is 99.8 Å². The first-order valence-electron chi connectivity index (χ1n) is 9.75. The van der Waals surface area contributed by atoms with Gasteiger partial charge >= 0.3 is 0 Å². The second kappa shape index (κ2) is 8.90. The highest BCUT2D eigenvalue weighted by Gasteiger charge is 2.26. The standard InChI is InChI=1S/C24H22BrFN2O2/c1-2-30-19-10-5-15(6-11-19)21-14-22(20-13-17(25)7-12-23(20)29)28-24(27-21)16-3-8-18(26)9-4-16/h3-14,22,24,27-29H,2H2,1H3. The Morgan fingerprint density at radius 2 is 1.77 bits per heavy atom. The van der Waals surface area contributed by atoms with Gasteiger partial charge in [-0.3, -0.25) is 5.32 Å². The van der Waals surface area contributed by atoms with Crippen LogP contribution in [0.15, 0.2) is 77.3 Å². The molecular formula is C24H22BrFN2O2. The molecule has 1 heterocycles. The number of benzene rings is 3. The molecule has 0 saturated carbocycles. The van der Waals surface area contributed by atoms with Gasteiger partial charge in [-0.05, 0) is 78.7 Å². The zero-order valence-electron chi connectivity index (χ0n) is 16.4. The Bertz CT molecular complexity index is 1050. The number of halogens is 2. The van der Waals surface area contributed by atoms with Crippen LogP contribution < -0.4 is 15.4 Å². The predicted molar refractivity (Wildman–Crippen MR) is 120 cm³/mol. The normalized spacial score (nSPS) is 18.4. The highest BCUT2D eigenvalue weighted by molar-refractivity contribution is 9.10. The fourth-order valence-electron chi connectivity index (χ4n) is 3.51. The number of ether oxygens (including phenoxy) is 1. The van der Waals surface area contributed by atoms with Crippen LogP contribution >= 0.6 is 15.9 Å². The number of phenolic OH excluding ortho intramolecular Hbond substituents is 1. The maximum atomic E-state index is 13.4. The van der Waals surface area contributed by atoms with Gasteiger partial charge in [-0.1, -0.05) is 28.1 Å². The lowest BCUT2D eigenvalue weighted by atomic mass is 9.98. The van der Waals surface area contributed by atoms with Gasteiger partial charge in [-0.15, -0.1) is 0 Å². The number of rotatable bonds is 5. The second-order valence-corrected chi connectivity index (χ2v) is 7.93. The average molecular weight is 469 g/mol. The zero-order valence-corrected chi connectivity index (χ0v) is 18.0. The Balaban J connectivity index is 1.73. The van der Waals surface area contributed by atoms with E-state index in [1.807, 2.05) is 43.3 Å². The average Bonchev–Trinajstić information content (AvgIpc) is 2.76. The van der Waals surface area contributed by atoms with Crippen LogP contribution in [-0.2, 0) is 0 Å². The summed E-state index contributed by atoms with van der Waals surface area (Å²) in [5.41, 5.74) is 3.55. The maximum Gasteiger partial charge on any atom is 0.123 e. The second-order valence-electron chi connectivity index (χ2n) is 7.01. The van der Waals surface area contributed by atoms with Gasteiger partial charge in [0.15, 0.2) is 0 Å². The topological polar surface area (TPSA) is 53.5 Å². The largest absolute Gasteiger partial charge is 0.508 e. The molecule has 3 aromatic carbocycles. The lowest BCUT2D eigenvalue weighted by Crippen LogP contribution is -2.39. The molecule has 3 aromatic rings. The van der Waals surface area contributed by atoms with Gasteiger partial charge in [0.1, 0.15) is 23.5 Å². The molecule has 3 N–H and O–H groups in total. The minimum atomic E-state index is -0.280. The van der Waals surface area contributed by atoms with Crippen molar-refractivity contribution in [3.63, 3.8) is 0 Å². The predicted octanol–water partition coefficient (Wildman–Crippen LogP) is 5.67. The van der Waals surface area contributed by atoms with Gasteiger partial charge in [-0.2, -0.15) is 0 Å². The van der Waals surface area contributed by atoms with Crippen molar-refractivity contribution < 1.29 is 14.2 Å². The molecule has 1 aliphatic heterocycles. The van der Waals surface area contributed by atoms with Crippen molar-refractivity contribution in [2.75, 3.05) is 6.61 Å². The van der Waals surface area contributed by atoms with Gasteiger partial charge < -0.3 is 15.2 Å². The Hall–Kier alpha value is -2.83. The molecule has 0 radical (unpaired) electrons. The number of hydrogen-bond donors (Lipinski definition) is 3. The minimum Gasteiger partial charge on any atom is -0.508 e. The summed E-state index contributed by atoms with van der Waals surface area (Å²) in [7, 11) is 0. The van der Waals surface area contributed by atoms with Crippen molar-refractivity contribution in [2.24, 2.45) is 0 Å². The van der Waals surface area contributed by atoms with Gasteiger partial charge in [0.05, 0.1) is 12.6 Å². The Kier molecular flexibility index (Phi) is 6.06. The van der Waals surface area contributed by atoms with Gasteiger partial charge in [0.25, 0.3) is 0 Å². The zero-order chi connectivity index (χ0) is 21.1. The Morgan fingerprint density at radius 1 is 1.03 bits per heavy atom. The summed E-state index contributed by atoms with van der Waals surface area (Å²) in [6.07, 6.45) is 1.78. The fraction of sp³-hybridized carbons (Fsp3) is 0.167. The highest BCUT2D eigenvalue weighted by Crippen LogP contribution is 2.35. The first-order valence-corrected chi connectivity index (χ1v) is 10.5. The molecule has 30 heavy (non-hydrogen) atoms. The number of aromatic hydroxyl groups is 1. The first kappa shape index (κ1) is 20.4. The van der Waals surface area contributed by atoms with Crippen LogP contribution in [0.2, 0.25) is 0 Å². The lowest BCUT2D eigenvalue weighted by molar-refractivity contribution is 0.340. The Morgan fingerprint density at radius 3 is 2.47 bits per heavy atom. The number of hydrogen-bond acceptors (Lipinski definition) is 4. The summed E-state index contributed by atoms with van der Waals surface area (Å²) in [5, 5.41) is 17.4. The lowest BCUT2D eigenvalue weighted by Gasteiger charge is -2.33. The van der Waals surface area contributed by atoms with E-state index in [0.717, 1.165) is 32.6 Å². The van der Waals surface area contributed by atoms with Crippen LogP contribution in [0.3, 0.4) is 0 Å². The SMILES string of the molecule is CCOc1ccc(C2=CC(c3cc(Br)ccc3O)NC(c3ccc(F)cc3)N2)cc1. The van der Waals surface area contributed by atoms with Gasteiger partial charge in [0, 0.05) is 15.7 Å². The van der Waals surface area contributed by atoms with Crippen molar-refractivity contribution in [1.29, 1.82) is 0 Å². The molecule has 0 spiro atoms. The van der Waals surface area contributed by atoms with Crippen LogP contribution in [0, 0.1) is 5.82 Å². The van der Waals surface area contributed by atoms with Crippen LogP contribution in [0.25, 0.3) is 5.70 Å². The van der Waals surface area contributed by atoms with E-state index in [2.05, 4.69) is 26.6 Å². The van der Waals surface area contributed by atoms with Crippen molar-refractivity contribution >= 4 is 21.6 Å². The van der Waals surface area contributed by atoms with E-state index in [-0.39, 0.29) is 23.8 Å². The summed E-state index contributed by atoms with van der Waals surface area (Å²) in [6.45, 7) is 2.56. The van der Waals surface area contributed by atoms with Crippen molar-refractivity contribution in [1.82, 2.24) is 10.6 Å². The molecule has 0 bridgehead atoms. The molecule has 0 aliphatic carbocycles. The summed E-state index contributed by atoms with van der Waals surface area (Å²) < 4.78 is 19.9. The number of phenols is 1. The molecular weight excluding hydrogens is 447 g/mol. The Labute approximate surface area is 183 Å². The third-order valence-electron chi connectivity index (χ3n) is 4.98. The number of nitrogens with one attached hydrogen (secondary N) is 2. The molecule has 0 fully saturated rings. The molecule has 0 saturated heterocycles. The summed E-state index contributed by atoms with van der Waals surface area (Å²) in [5.74, 6) is 0.739. The molecule has 154 valence electrons. The van der Waals surface area contributed by atoms with E-state index in [1.165, 1.54) is 12.1 Å². The van der Waals surface area contributed by atoms with Crippen LogP contribution in [0.4, 0.5) is 4.39 Å². The molecule has 0 aromatic heterocycles. The van der Waals surface area contributed by atoms with Crippen molar-refractivity contribution in [2.45, 2.75) is 19.1 Å². The van der Waals surface area contributed by atoms with Gasteiger partial charge in [-0.25, -0.2) is 4.39 Å². The molecule has 6 heteroatoms. The maximum absolute atomic E-state index is 13.4. The van der Waals surface area contributed by atoms with E-state index in [9.17, 15) is 9.50 Å². The van der Waals surface area contributed by atoms with Crippen LogP contribution in [-0.4, -0.2) is 11.7 Å².